The maximum Gasteiger partial charge on any atom is 0.231 e. The van der Waals surface area contributed by atoms with Crippen LogP contribution in [0.3, 0.4) is 0 Å². The van der Waals surface area contributed by atoms with Gasteiger partial charge in [0.2, 0.25) is 11.8 Å². The molecule has 118 valence electrons. The van der Waals surface area contributed by atoms with Gasteiger partial charge in [0.25, 0.3) is 0 Å². The van der Waals surface area contributed by atoms with Crippen molar-refractivity contribution < 1.29 is 9.47 Å². The Bertz CT molecular complexity index is 1050. The van der Waals surface area contributed by atoms with Crippen LogP contribution in [0.2, 0.25) is 0 Å². The molecule has 0 saturated carbocycles. The first-order chi connectivity index (χ1) is 11.8. The highest BCUT2D eigenvalue weighted by atomic mass is 32.1. The van der Waals surface area contributed by atoms with Gasteiger partial charge in [-0.1, -0.05) is 41.7 Å². The Morgan fingerprint density at radius 3 is 2.67 bits per heavy atom. The van der Waals surface area contributed by atoms with E-state index in [1.165, 1.54) is 0 Å². The summed E-state index contributed by atoms with van der Waals surface area (Å²) in [6.07, 6.45) is 0. The van der Waals surface area contributed by atoms with E-state index in [-0.39, 0.29) is 6.79 Å². The Hall–Kier alpha value is -2.86. The van der Waals surface area contributed by atoms with Crippen molar-refractivity contribution in [3.8, 4) is 33.3 Å². The molecular weight excluding hydrogens is 322 g/mol. The Balaban J connectivity index is 1.60. The topological polar surface area (TPSA) is 48.7 Å². The summed E-state index contributed by atoms with van der Waals surface area (Å²) in [5.41, 5.74) is 4.14. The van der Waals surface area contributed by atoms with Crippen LogP contribution in [0.25, 0.3) is 26.8 Å². The third-order valence-corrected chi connectivity index (χ3v) is 5.05. The van der Waals surface area contributed by atoms with Crippen LogP contribution in [0.4, 0.5) is 0 Å². The first-order valence-corrected chi connectivity index (χ1v) is 8.43. The molecule has 5 nitrogen and oxygen atoms in total. The number of hydrogen-bond acceptors (Lipinski definition) is 5. The zero-order chi connectivity index (χ0) is 16.1. The molecule has 0 amide bonds. The van der Waals surface area contributed by atoms with Crippen molar-refractivity contribution >= 4 is 16.3 Å². The Morgan fingerprint density at radius 1 is 1.00 bits per heavy atom. The average Bonchev–Trinajstić information content (AvgIpc) is 3.31. The van der Waals surface area contributed by atoms with Gasteiger partial charge >= 0.3 is 0 Å². The molecule has 1 aliphatic rings. The quantitative estimate of drug-likeness (QED) is 0.552. The van der Waals surface area contributed by atoms with Crippen molar-refractivity contribution in [1.82, 2.24) is 14.6 Å². The minimum absolute atomic E-state index is 0.277. The lowest BCUT2D eigenvalue weighted by Gasteiger charge is -2.00. The number of rotatable bonds is 2. The summed E-state index contributed by atoms with van der Waals surface area (Å²) in [6, 6.07) is 16.1. The van der Waals surface area contributed by atoms with Gasteiger partial charge in [-0.05, 0) is 25.1 Å². The highest BCUT2D eigenvalue weighted by molar-refractivity contribution is 7.19. The summed E-state index contributed by atoms with van der Waals surface area (Å²) < 4.78 is 12.7. The molecule has 2 aromatic heterocycles. The van der Waals surface area contributed by atoms with Gasteiger partial charge in [0.05, 0.1) is 11.4 Å². The van der Waals surface area contributed by atoms with Crippen molar-refractivity contribution in [2.45, 2.75) is 6.92 Å². The van der Waals surface area contributed by atoms with Crippen LogP contribution >= 0.6 is 11.3 Å². The molecule has 0 fully saturated rings. The molecule has 5 rings (SSSR count). The highest BCUT2D eigenvalue weighted by Gasteiger charge is 2.18. The summed E-state index contributed by atoms with van der Waals surface area (Å²) in [5, 5.41) is 5.65. The van der Waals surface area contributed by atoms with Crippen molar-refractivity contribution in [1.29, 1.82) is 0 Å². The van der Waals surface area contributed by atoms with Gasteiger partial charge in [-0.2, -0.15) is 5.10 Å². The van der Waals surface area contributed by atoms with Crippen molar-refractivity contribution in [2.24, 2.45) is 0 Å². The number of nitrogens with zero attached hydrogens (tertiary/aromatic N) is 3. The van der Waals surface area contributed by atoms with Gasteiger partial charge in [0, 0.05) is 11.1 Å². The number of fused-ring (bicyclic) bond motifs is 2. The van der Waals surface area contributed by atoms with Crippen molar-refractivity contribution in [2.75, 3.05) is 6.79 Å². The molecule has 0 atom stereocenters. The van der Waals surface area contributed by atoms with Gasteiger partial charge in [-0.15, -0.1) is 0 Å². The molecule has 0 unspecified atom stereocenters. The molecule has 0 aliphatic carbocycles. The Labute approximate surface area is 142 Å². The second kappa shape index (κ2) is 5.07. The Morgan fingerprint density at radius 2 is 1.83 bits per heavy atom. The molecule has 0 bridgehead atoms. The highest BCUT2D eigenvalue weighted by Crippen LogP contribution is 2.37. The van der Waals surface area contributed by atoms with Gasteiger partial charge in [0.1, 0.15) is 5.01 Å². The number of ether oxygens (including phenoxy) is 2. The summed E-state index contributed by atoms with van der Waals surface area (Å²) in [6.45, 7) is 2.32. The molecule has 6 heteroatoms. The van der Waals surface area contributed by atoms with E-state index in [0.29, 0.717) is 0 Å². The van der Waals surface area contributed by atoms with Crippen LogP contribution < -0.4 is 9.47 Å². The molecule has 0 N–H and O–H groups in total. The fraction of sp³-hybridized carbons (Fsp3) is 0.111. The zero-order valence-corrected chi connectivity index (χ0v) is 13.7. The second-order valence-corrected chi connectivity index (χ2v) is 6.54. The number of aromatic nitrogens is 3. The van der Waals surface area contributed by atoms with E-state index < -0.39 is 0 Å². The third-order valence-electron chi connectivity index (χ3n) is 4.09. The maximum atomic E-state index is 5.45. The predicted molar refractivity (Wildman–Crippen MR) is 92.6 cm³/mol. The van der Waals surface area contributed by atoms with Gasteiger partial charge in [-0.3, -0.25) is 0 Å². The molecule has 0 radical (unpaired) electrons. The van der Waals surface area contributed by atoms with E-state index in [1.54, 1.807) is 11.3 Å². The van der Waals surface area contributed by atoms with Crippen molar-refractivity contribution in [3.63, 3.8) is 0 Å². The van der Waals surface area contributed by atoms with E-state index in [0.717, 1.165) is 44.0 Å². The number of aryl methyl sites for hydroxylation is 1. The molecule has 0 saturated heterocycles. The lowest BCUT2D eigenvalue weighted by atomic mass is 10.1. The summed E-state index contributed by atoms with van der Waals surface area (Å²) in [7, 11) is 0. The first-order valence-electron chi connectivity index (χ1n) is 7.61. The number of imidazole rings is 1. The van der Waals surface area contributed by atoms with Crippen LogP contribution in [0.5, 0.6) is 11.5 Å². The van der Waals surface area contributed by atoms with Crippen LogP contribution in [-0.4, -0.2) is 21.4 Å². The maximum absolute atomic E-state index is 5.45. The molecular formula is C18H13N3O2S. The summed E-state index contributed by atoms with van der Waals surface area (Å²) in [5.74, 6) is 1.55. The standard InChI is InChI=1S/C18H13N3O2S/c1-11-16(12-5-3-2-4-6-12)19-18-21(11)20-17(24-18)13-7-8-14-15(9-13)23-10-22-14/h2-9H,10H2,1H3. The van der Waals surface area contributed by atoms with Gasteiger partial charge in [-0.25, -0.2) is 9.50 Å². The van der Waals surface area contributed by atoms with Crippen LogP contribution in [-0.2, 0) is 0 Å². The van der Waals surface area contributed by atoms with E-state index in [2.05, 4.69) is 12.1 Å². The SMILES string of the molecule is Cc1c(-c2ccccc2)nc2sc(-c3ccc4c(c3)OCO4)nn12. The van der Waals surface area contributed by atoms with E-state index >= 15 is 0 Å². The van der Waals surface area contributed by atoms with E-state index in [4.69, 9.17) is 19.6 Å². The Kier molecular flexibility index (Phi) is 2.87. The van der Waals surface area contributed by atoms with E-state index in [9.17, 15) is 0 Å². The average molecular weight is 335 g/mol. The third kappa shape index (κ3) is 2.00. The number of hydrogen-bond donors (Lipinski definition) is 0. The van der Waals surface area contributed by atoms with Crippen LogP contribution in [0.1, 0.15) is 5.69 Å². The molecule has 0 spiro atoms. The van der Waals surface area contributed by atoms with Gasteiger partial charge in [0.15, 0.2) is 11.5 Å². The molecule has 2 aromatic carbocycles. The monoisotopic (exact) mass is 335 g/mol. The largest absolute Gasteiger partial charge is 0.454 e. The lowest BCUT2D eigenvalue weighted by Crippen LogP contribution is -1.92. The van der Waals surface area contributed by atoms with Crippen LogP contribution in [0.15, 0.2) is 48.5 Å². The normalized spacial score (nSPS) is 12.9. The lowest BCUT2D eigenvalue weighted by molar-refractivity contribution is 0.174. The molecule has 24 heavy (non-hydrogen) atoms. The number of benzene rings is 2. The fourth-order valence-electron chi connectivity index (χ4n) is 2.86. The summed E-state index contributed by atoms with van der Waals surface area (Å²) >= 11 is 1.57. The molecule has 1 aliphatic heterocycles. The molecule has 3 heterocycles. The minimum Gasteiger partial charge on any atom is -0.454 e. The van der Waals surface area contributed by atoms with Crippen LogP contribution in [0, 0.1) is 6.92 Å². The first kappa shape index (κ1) is 13.6. The summed E-state index contributed by atoms with van der Waals surface area (Å²) in [4.78, 5) is 5.65. The smallest absolute Gasteiger partial charge is 0.231 e. The van der Waals surface area contributed by atoms with E-state index in [1.807, 2.05) is 47.8 Å². The fourth-order valence-corrected chi connectivity index (χ4v) is 3.81. The molecule has 4 aromatic rings. The van der Waals surface area contributed by atoms with Crippen molar-refractivity contribution in [3.05, 3.63) is 54.2 Å². The van der Waals surface area contributed by atoms with Gasteiger partial charge < -0.3 is 9.47 Å². The second-order valence-electron chi connectivity index (χ2n) is 5.58. The minimum atomic E-state index is 0.277. The zero-order valence-electron chi connectivity index (χ0n) is 12.9. The predicted octanol–water partition coefficient (Wildman–Crippen LogP) is 4.16.